The van der Waals surface area contributed by atoms with Gasteiger partial charge in [0.2, 0.25) is 0 Å². The number of hydrogen-bond donors (Lipinski definition) is 2. The minimum Gasteiger partial charge on any atom is -0.460 e. The summed E-state index contributed by atoms with van der Waals surface area (Å²) in [5.41, 5.74) is 1.60. The minimum absolute atomic E-state index is 0.0940. The number of benzene rings is 3. The Bertz CT molecular complexity index is 965. The van der Waals surface area contributed by atoms with E-state index in [1.807, 2.05) is 72.8 Å². The maximum Gasteiger partial charge on any atom is 0.329 e. The van der Waals surface area contributed by atoms with Crippen LogP contribution in [0.2, 0.25) is 0 Å². The molecule has 3 rings (SSSR count). The Morgan fingerprint density at radius 3 is 2.46 bits per heavy atom. The quantitative estimate of drug-likeness (QED) is 0.479. The van der Waals surface area contributed by atoms with Crippen molar-refractivity contribution in [2.45, 2.75) is 12.5 Å². The van der Waals surface area contributed by atoms with Gasteiger partial charge in [0.1, 0.15) is 12.6 Å². The summed E-state index contributed by atoms with van der Waals surface area (Å²) in [6.07, 6.45) is 1.83. The summed E-state index contributed by atoms with van der Waals surface area (Å²) < 4.78 is 5.15. The van der Waals surface area contributed by atoms with E-state index in [9.17, 15) is 9.59 Å². The van der Waals surface area contributed by atoms with Gasteiger partial charge in [0.05, 0.1) is 5.69 Å². The molecule has 0 heterocycles. The molecule has 5 nitrogen and oxygen atoms in total. The number of anilines is 1. The van der Waals surface area contributed by atoms with Gasteiger partial charge in [0.15, 0.2) is 0 Å². The summed E-state index contributed by atoms with van der Waals surface area (Å²) >= 11 is 0. The van der Waals surface area contributed by atoms with Gasteiger partial charge in [0.25, 0.3) is 0 Å². The lowest BCUT2D eigenvalue weighted by Crippen LogP contribution is -2.45. The van der Waals surface area contributed by atoms with Crippen LogP contribution in [0.3, 0.4) is 0 Å². The van der Waals surface area contributed by atoms with Crippen LogP contribution < -0.4 is 10.6 Å². The minimum atomic E-state index is -0.808. The van der Waals surface area contributed by atoms with Crippen LogP contribution in [0.25, 0.3) is 10.8 Å². The zero-order valence-corrected chi connectivity index (χ0v) is 15.4. The van der Waals surface area contributed by atoms with Crippen molar-refractivity contribution in [2.75, 3.05) is 11.9 Å². The van der Waals surface area contributed by atoms with E-state index in [0.717, 1.165) is 16.3 Å². The lowest BCUT2D eigenvalue weighted by molar-refractivity contribution is -0.144. The van der Waals surface area contributed by atoms with Crippen LogP contribution >= 0.6 is 0 Å². The summed E-state index contributed by atoms with van der Waals surface area (Å²) in [5.74, 6) is -0.503. The maximum atomic E-state index is 12.6. The molecule has 0 aromatic heterocycles. The van der Waals surface area contributed by atoms with Crippen molar-refractivity contribution in [1.29, 1.82) is 0 Å². The highest BCUT2D eigenvalue weighted by molar-refractivity contribution is 6.02. The van der Waals surface area contributed by atoms with Crippen LogP contribution in [-0.4, -0.2) is 24.6 Å². The van der Waals surface area contributed by atoms with Crippen LogP contribution in [0.1, 0.15) is 5.56 Å². The van der Waals surface area contributed by atoms with Gasteiger partial charge in [-0.05, 0) is 17.0 Å². The number of esters is 1. The molecule has 0 aliphatic carbocycles. The monoisotopic (exact) mass is 374 g/mol. The Balaban J connectivity index is 1.74. The van der Waals surface area contributed by atoms with E-state index in [2.05, 4.69) is 17.2 Å². The third kappa shape index (κ3) is 4.98. The smallest absolute Gasteiger partial charge is 0.329 e. The number of carbonyl (C=O) groups is 2. The fraction of sp³-hybridized carbons (Fsp3) is 0.130. The molecule has 0 fully saturated rings. The molecule has 142 valence electrons. The van der Waals surface area contributed by atoms with Crippen LogP contribution in [0.15, 0.2) is 85.5 Å². The highest BCUT2D eigenvalue weighted by Gasteiger charge is 2.23. The first-order chi connectivity index (χ1) is 13.7. The van der Waals surface area contributed by atoms with Gasteiger partial charge < -0.3 is 15.4 Å². The predicted molar refractivity (Wildman–Crippen MR) is 111 cm³/mol. The molecule has 0 saturated carbocycles. The van der Waals surface area contributed by atoms with Crippen LogP contribution in [0, 0.1) is 0 Å². The molecule has 0 unspecified atom stereocenters. The molecule has 0 aliphatic rings. The van der Waals surface area contributed by atoms with Gasteiger partial charge in [-0.15, -0.1) is 0 Å². The molecule has 0 bridgehead atoms. The fourth-order valence-electron chi connectivity index (χ4n) is 2.94. The van der Waals surface area contributed by atoms with Crippen LogP contribution in [0.4, 0.5) is 10.5 Å². The summed E-state index contributed by atoms with van der Waals surface area (Å²) in [4.78, 5) is 25.0. The lowest BCUT2D eigenvalue weighted by atomic mass is 10.1. The SMILES string of the molecule is C=CCOC(=O)[C@@H](Cc1ccccc1)NC(=O)Nc1cccc2ccccc12. The zero-order valence-electron chi connectivity index (χ0n) is 15.4. The van der Waals surface area contributed by atoms with Gasteiger partial charge >= 0.3 is 12.0 Å². The Morgan fingerprint density at radius 2 is 1.68 bits per heavy atom. The Hall–Kier alpha value is -3.60. The highest BCUT2D eigenvalue weighted by atomic mass is 16.5. The molecule has 0 aliphatic heterocycles. The first-order valence-electron chi connectivity index (χ1n) is 9.04. The number of urea groups is 1. The van der Waals surface area contributed by atoms with Crippen molar-refractivity contribution >= 4 is 28.5 Å². The number of nitrogens with one attached hydrogen (secondary N) is 2. The predicted octanol–water partition coefficient (Wildman–Crippen LogP) is 4.30. The second kappa shape index (κ2) is 9.37. The van der Waals surface area contributed by atoms with E-state index in [0.29, 0.717) is 12.1 Å². The molecule has 2 amide bonds. The first kappa shape index (κ1) is 19.2. The van der Waals surface area contributed by atoms with E-state index in [1.165, 1.54) is 6.08 Å². The molecule has 5 heteroatoms. The van der Waals surface area contributed by atoms with Gasteiger partial charge in [0, 0.05) is 11.8 Å². The first-order valence-corrected chi connectivity index (χ1v) is 9.04. The topological polar surface area (TPSA) is 67.4 Å². The molecule has 0 radical (unpaired) electrons. The van der Waals surface area contributed by atoms with Crippen LogP contribution in [-0.2, 0) is 16.0 Å². The largest absolute Gasteiger partial charge is 0.460 e. The van der Waals surface area contributed by atoms with E-state index in [-0.39, 0.29) is 6.61 Å². The highest BCUT2D eigenvalue weighted by Crippen LogP contribution is 2.22. The van der Waals surface area contributed by atoms with Crippen molar-refractivity contribution in [1.82, 2.24) is 5.32 Å². The number of carbonyl (C=O) groups excluding carboxylic acids is 2. The standard InChI is InChI=1S/C23H22N2O3/c1-2-15-28-22(26)21(16-17-9-4-3-5-10-17)25-23(27)24-20-14-8-12-18-11-6-7-13-19(18)20/h2-14,21H,1,15-16H2,(H2,24,25,27)/t21-/m1/s1. The van der Waals surface area contributed by atoms with Crippen LogP contribution in [0.5, 0.6) is 0 Å². The summed E-state index contributed by atoms with van der Waals surface area (Å²) in [6, 6.07) is 21.6. The summed E-state index contributed by atoms with van der Waals surface area (Å²) in [5, 5.41) is 7.51. The Kier molecular flexibility index (Phi) is 6.41. The molecule has 3 aromatic rings. The Labute approximate surface area is 164 Å². The summed E-state index contributed by atoms with van der Waals surface area (Å²) in [7, 11) is 0. The van der Waals surface area contributed by atoms with E-state index in [4.69, 9.17) is 4.74 Å². The average molecular weight is 374 g/mol. The number of ether oxygens (including phenoxy) is 1. The van der Waals surface area contributed by atoms with E-state index < -0.39 is 18.0 Å². The van der Waals surface area contributed by atoms with Gasteiger partial charge in [-0.25, -0.2) is 9.59 Å². The van der Waals surface area contributed by atoms with Crippen molar-refractivity contribution in [3.63, 3.8) is 0 Å². The third-order valence-electron chi connectivity index (χ3n) is 4.25. The molecule has 0 spiro atoms. The van der Waals surface area contributed by atoms with Crippen molar-refractivity contribution < 1.29 is 14.3 Å². The molecular formula is C23H22N2O3. The molecule has 3 aromatic carbocycles. The number of hydrogen-bond acceptors (Lipinski definition) is 3. The third-order valence-corrected chi connectivity index (χ3v) is 4.25. The molecule has 0 saturated heterocycles. The summed E-state index contributed by atoms with van der Waals surface area (Å²) in [6.45, 7) is 3.64. The molecule has 28 heavy (non-hydrogen) atoms. The fourth-order valence-corrected chi connectivity index (χ4v) is 2.94. The Morgan fingerprint density at radius 1 is 0.964 bits per heavy atom. The van der Waals surface area contributed by atoms with Gasteiger partial charge in [-0.1, -0.05) is 79.4 Å². The second-order valence-corrected chi connectivity index (χ2v) is 6.29. The number of fused-ring (bicyclic) bond motifs is 1. The van der Waals surface area contributed by atoms with Crippen molar-refractivity contribution in [2.24, 2.45) is 0 Å². The van der Waals surface area contributed by atoms with Gasteiger partial charge in [-0.3, -0.25) is 0 Å². The second-order valence-electron chi connectivity index (χ2n) is 6.29. The van der Waals surface area contributed by atoms with Gasteiger partial charge in [-0.2, -0.15) is 0 Å². The molecular weight excluding hydrogens is 352 g/mol. The molecule has 2 N–H and O–H groups in total. The van der Waals surface area contributed by atoms with E-state index in [1.54, 1.807) is 0 Å². The maximum absolute atomic E-state index is 12.6. The number of rotatable bonds is 7. The number of amides is 2. The zero-order chi connectivity index (χ0) is 19.8. The normalized spacial score (nSPS) is 11.4. The average Bonchev–Trinajstić information content (AvgIpc) is 2.72. The molecule has 1 atom stereocenters. The van der Waals surface area contributed by atoms with Crippen molar-refractivity contribution in [3.8, 4) is 0 Å². The van der Waals surface area contributed by atoms with E-state index >= 15 is 0 Å². The lowest BCUT2D eigenvalue weighted by Gasteiger charge is -2.18. The van der Waals surface area contributed by atoms with Crippen molar-refractivity contribution in [3.05, 3.63) is 91.0 Å².